The van der Waals surface area contributed by atoms with Gasteiger partial charge in [0.05, 0.1) is 18.1 Å². The second kappa shape index (κ2) is 4.53. The van der Waals surface area contributed by atoms with Gasteiger partial charge >= 0.3 is 5.97 Å². The Balaban J connectivity index is 2.33. The summed E-state index contributed by atoms with van der Waals surface area (Å²) in [4.78, 5) is 19.3. The van der Waals surface area contributed by atoms with Gasteiger partial charge in [0.25, 0.3) is 0 Å². The topological polar surface area (TPSA) is 52.1 Å². The van der Waals surface area contributed by atoms with E-state index in [9.17, 15) is 4.79 Å². The Morgan fingerprint density at radius 3 is 3.06 bits per heavy atom. The largest absolute Gasteiger partial charge is 0.466 e. The quantitative estimate of drug-likeness (QED) is 0.565. The molecule has 0 spiro atoms. The third kappa shape index (κ3) is 2.23. The van der Waals surface area contributed by atoms with E-state index >= 15 is 0 Å². The highest BCUT2D eigenvalue weighted by atomic mass is 16.5. The van der Waals surface area contributed by atoms with Crippen molar-refractivity contribution in [2.75, 3.05) is 7.11 Å². The van der Waals surface area contributed by atoms with Crippen LogP contribution in [0.5, 0.6) is 0 Å². The number of esters is 1. The van der Waals surface area contributed by atoms with E-state index in [0.717, 1.165) is 16.6 Å². The number of carbonyl (C=O) groups is 1. The van der Waals surface area contributed by atoms with Gasteiger partial charge in [-0.2, -0.15) is 0 Å². The second-order valence-corrected chi connectivity index (χ2v) is 3.17. The summed E-state index contributed by atoms with van der Waals surface area (Å²) in [6, 6.07) is 5.58. The zero-order valence-corrected chi connectivity index (χ0v) is 8.75. The number of carbonyl (C=O) groups excluding carboxylic acids is 1. The molecule has 4 nitrogen and oxygen atoms in total. The molecule has 0 saturated carbocycles. The van der Waals surface area contributed by atoms with Crippen molar-refractivity contribution < 1.29 is 9.53 Å². The van der Waals surface area contributed by atoms with Crippen molar-refractivity contribution in [1.82, 2.24) is 9.97 Å². The minimum absolute atomic E-state index is 0.388. The van der Waals surface area contributed by atoms with Crippen molar-refractivity contribution in [2.24, 2.45) is 0 Å². The van der Waals surface area contributed by atoms with Crippen LogP contribution in [0.2, 0.25) is 0 Å². The molecule has 0 unspecified atom stereocenters. The van der Waals surface area contributed by atoms with Crippen LogP contribution in [0.25, 0.3) is 17.1 Å². The van der Waals surface area contributed by atoms with Gasteiger partial charge in [0.2, 0.25) is 0 Å². The molecule has 0 saturated heterocycles. The molecule has 0 radical (unpaired) electrons. The Morgan fingerprint density at radius 1 is 1.38 bits per heavy atom. The Bertz CT molecular complexity index is 549. The van der Waals surface area contributed by atoms with Gasteiger partial charge in [0.15, 0.2) is 0 Å². The summed E-state index contributed by atoms with van der Waals surface area (Å²) in [5.74, 6) is -0.388. The highest BCUT2D eigenvalue weighted by molar-refractivity contribution is 5.87. The molecular formula is C12H10N2O2. The molecule has 2 rings (SSSR count). The van der Waals surface area contributed by atoms with E-state index in [0.29, 0.717) is 0 Å². The van der Waals surface area contributed by atoms with Gasteiger partial charge in [-0.25, -0.2) is 4.79 Å². The summed E-state index contributed by atoms with van der Waals surface area (Å²) < 4.78 is 4.50. The smallest absolute Gasteiger partial charge is 0.330 e. The fourth-order valence-corrected chi connectivity index (χ4v) is 1.29. The molecule has 0 bridgehead atoms. The third-order valence-electron chi connectivity index (χ3n) is 2.09. The predicted octanol–water partition coefficient (Wildman–Crippen LogP) is 1.82. The Morgan fingerprint density at radius 2 is 2.25 bits per heavy atom. The molecule has 2 heterocycles. The molecule has 0 N–H and O–H groups in total. The first-order valence-electron chi connectivity index (χ1n) is 4.76. The van der Waals surface area contributed by atoms with Crippen molar-refractivity contribution in [3.63, 3.8) is 0 Å². The molecule has 0 aromatic carbocycles. The molecule has 2 aromatic rings. The van der Waals surface area contributed by atoms with Crippen LogP contribution in [-0.4, -0.2) is 23.0 Å². The van der Waals surface area contributed by atoms with Crippen molar-refractivity contribution in [3.05, 3.63) is 42.2 Å². The van der Waals surface area contributed by atoms with E-state index in [1.54, 1.807) is 18.5 Å². The summed E-state index contributed by atoms with van der Waals surface area (Å²) >= 11 is 0. The number of methoxy groups -OCH3 is 1. The second-order valence-electron chi connectivity index (χ2n) is 3.17. The SMILES string of the molecule is COC(=O)C=Cc1cnc2cccnc2c1. The first kappa shape index (κ1) is 10.3. The van der Waals surface area contributed by atoms with Gasteiger partial charge in [0.1, 0.15) is 0 Å². The van der Waals surface area contributed by atoms with E-state index in [2.05, 4.69) is 14.7 Å². The third-order valence-corrected chi connectivity index (χ3v) is 2.09. The Labute approximate surface area is 92.6 Å². The lowest BCUT2D eigenvalue weighted by Crippen LogP contribution is -1.93. The lowest BCUT2D eigenvalue weighted by molar-refractivity contribution is -0.134. The summed E-state index contributed by atoms with van der Waals surface area (Å²) in [6.45, 7) is 0. The molecule has 0 aliphatic rings. The fourth-order valence-electron chi connectivity index (χ4n) is 1.29. The van der Waals surface area contributed by atoms with Gasteiger partial charge < -0.3 is 4.74 Å². The monoisotopic (exact) mass is 214 g/mol. The minimum Gasteiger partial charge on any atom is -0.466 e. The molecule has 0 fully saturated rings. The van der Waals surface area contributed by atoms with Crippen LogP contribution < -0.4 is 0 Å². The highest BCUT2D eigenvalue weighted by Crippen LogP contribution is 2.10. The molecule has 0 atom stereocenters. The van der Waals surface area contributed by atoms with Gasteiger partial charge in [0, 0.05) is 18.5 Å². The lowest BCUT2D eigenvalue weighted by Gasteiger charge is -1.97. The van der Waals surface area contributed by atoms with Crippen LogP contribution >= 0.6 is 0 Å². The first-order chi connectivity index (χ1) is 7.79. The molecule has 80 valence electrons. The highest BCUT2D eigenvalue weighted by Gasteiger charge is 1.96. The normalized spacial score (nSPS) is 10.8. The minimum atomic E-state index is -0.388. The molecule has 0 aliphatic heterocycles. The average Bonchev–Trinajstić information content (AvgIpc) is 2.35. The van der Waals surface area contributed by atoms with Gasteiger partial charge in [-0.05, 0) is 29.8 Å². The van der Waals surface area contributed by atoms with Gasteiger partial charge in [-0.3, -0.25) is 9.97 Å². The number of fused-ring (bicyclic) bond motifs is 1. The van der Waals surface area contributed by atoms with Gasteiger partial charge in [-0.1, -0.05) is 0 Å². The van der Waals surface area contributed by atoms with E-state index < -0.39 is 0 Å². The van der Waals surface area contributed by atoms with E-state index in [1.165, 1.54) is 13.2 Å². The average molecular weight is 214 g/mol. The number of pyridine rings is 2. The van der Waals surface area contributed by atoms with Gasteiger partial charge in [-0.15, -0.1) is 0 Å². The fraction of sp³-hybridized carbons (Fsp3) is 0.0833. The Hall–Kier alpha value is -2.23. The summed E-state index contributed by atoms with van der Waals surface area (Å²) in [5.41, 5.74) is 2.45. The standard InChI is InChI=1S/C12H10N2O2/c1-16-12(15)5-4-9-7-11-10(14-8-9)3-2-6-13-11/h2-8H,1H3. The number of nitrogens with zero attached hydrogens (tertiary/aromatic N) is 2. The molecule has 4 heteroatoms. The zero-order valence-electron chi connectivity index (χ0n) is 8.75. The number of aromatic nitrogens is 2. The Kier molecular flexibility index (Phi) is 2.91. The summed E-state index contributed by atoms with van der Waals surface area (Å²) in [6.07, 6.45) is 6.39. The van der Waals surface area contributed by atoms with Crippen molar-refractivity contribution >= 4 is 23.1 Å². The number of hydrogen-bond acceptors (Lipinski definition) is 4. The predicted molar refractivity (Wildman–Crippen MR) is 60.6 cm³/mol. The van der Waals surface area contributed by atoms with Crippen LogP contribution in [0, 0.1) is 0 Å². The molecule has 16 heavy (non-hydrogen) atoms. The molecular weight excluding hydrogens is 204 g/mol. The van der Waals surface area contributed by atoms with Crippen LogP contribution in [0.4, 0.5) is 0 Å². The van der Waals surface area contributed by atoms with E-state index in [4.69, 9.17) is 0 Å². The molecule has 0 amide bonds. The number of hydrogen-bond donors (Lipinski definition) is 0. The maximum Gasteiger partial charge on any atom is 0.330 e. The summed E-state index contributed by atoms with van der Waals surface area (Å²) in [7, 11) is 1.34. The van der Waals surface area contributed by atoms with E-state index in [1.807, 2.05) is 18.2 Å². The van der Waals surface area contributed by atoms with Crippen molar-refractivity contribution in [1.29, 1.82) is 0 Å². The lowest BCUT2D eigenvalue weighted by atomic mass is 10.2. The van der Waals surface area contributed by atoms with Crippen LogP contribution in [0.3, 0.4) is 0 Å². The molecule has 2 aromatic heterocycles. The summed E-state index contributed by atoms with van der Waals surface area (Å²) in [5, 5.41) is 0. The van der Waals surface area contributed by atoms with Crippen molar-refractivity contribution in [3.8, 4) is 0 Å². The van der Waals surface area contributed by atoms with Crippen LogP contribution in [0.15, 0.2) is 36.7 Å². The number of rotatable bonds is 2. The van der Waals surface area contributed by atoms with E-state index in [-0.39, 0.29) is 5.97 Å². The van der Waals surface area contributed by atoms with Crippen molar-refractivity contribution in [2.45, 2.75) is 0 Å². The molecule has 0 aliphatic carbocycles. The van der Waals surface area contributed by atoms with Crippen LogP contribution in [-0.2, 0) is 9.53 Å². The maximum atomic E-state index is 10.9. The van der Waals surface area contributed by atoms with Crippen LogP contribution in [0.1, 0.15) is 5.56 Å². The number of ether oxygens (including phenoxy) is 1. The first-order valence-corrected chi connectivity index (χ1v) is 4.76. The maximum absolute atomic E-state index is 10.9. The zero-order chi connectivity index (χ0) is 11.4.